The Hall–Kier alpha value is -2.67. The highest BCUT2D eigenvalue weighted by molar-refractivity contribution is 6.31. The van der Waals surface area contributed by atoms with Gasteiger partial charge in [-0.1, -0.05) is 17.7 Å². The second-order valence-electron chi connectivity index (χ2n) is 7.04. The molecular formula is C19H21ClN6O. The van der Waals surface area contributed by atoms with Crippen LogP contribution in [0.3, 0.4) is 0 Å². The fourth-order valence-electron chi connectivity index (χ4n) is 3.36. The molecule has 0 spiro atoms. The third-order valence-electron chi connectivity index (χ3n) is 5.13. The van der Waals surface area contributed by atoms with Gasteiger partial charge in [-0.05, 0) is 43.5 Å². The molecular weight excluding hydrogens is 364 g/mol. The van der Waals surface area contributed by atoms with Crippen LogP contribution in [0.5, 0.6) is 0 Å². The van der Waals surface area contributed by atoms with Crippen molar-refractivity contribution in [2.24, 2.45) is 7.05 Å². The molecule has 0 unspecified atom stereocenters. The standard InChI is InChI=1S/C19H21ClN6O/c1-12-4-5-13(10-16(12)20)19(27)22-15-8-14(9-15)18-24-23-17(25(18)2)11-26-7-3-6-21-26/h3-7,10,14-15H,8-9,11H2,1-2H3,(H,22,27). The van der Waals surface area contributed by atoms with Crippen molar-refractivity contribution >= 4 is 17.5 Å². The van der Waals surface area contributed by atoms with Gasteiger partial charge in [0.1, 0.15) is 12.4 Å². The van der Waals surface area contributed by atoms with Crippen molar-refractivity contribution < 1.29 is 4.79 Å². The summed E-state index contributed by atoms with van der Waals surface area (Å²) in [6, 6.07) is 7.41. The zero-order chi connectivity index (χ0) is 19.0. The average Bonchev–Trinajstić information content (AvgIpc) is 3.24. The first kappa shape index (κ1) is 17.7. The van der Waals surface area contributed by atoms with Gasteiger partial charge in [-0.2, -0.15) is 5.10 Å². The van der Waals surface area contributed by atoms with Gasteiger partial charge in [-0.25, -0.2) is 0 Å². The van der Waals surface area contributed by atoms with E-state index in [0.717, 1.165) is 30.1 Å². The lowest BCUT2D eigenvalue weighted by Gasteiger charge is -2.35. The fourth-order valence-corrected chi connectivity index (χ4v) is 3.54. The second kappa shape index (κ2) is 7.15. The molecule has 27 heavy (non-hydrogen) atoms. The summed E-state index contributed by atoms with van der Waals surface area (Å²) in [6.07, 6.45) is 5.37. The lowest BCUT2D eigenvalue weighted by Crippen LogP contribution is -2.44. The minimum absolute atomic E-state index is 0.0855. The van der Waals surface area contributed by atoms with Crippen LogP contribution >= 0.6 is 11.6 Å². The molecule has 3 aromatic rings. The number of hydrogen-bond acceptors (Lipinski definition) is 4. The number of halogens is 1. The molecule has 8 heteroatoms. The Kier molecular flexibility index (Phi) is 4.70. The molecule has 1 N–H and O–H groups in total. The van der Waals surface area contributed by atoms with E-state index in [4.69, 9.17) is 11.6 Å². The highest BCUT2D eigenvalue weighted by atomic mass is 35.5. The highest BCUT2D eigenvalue weighted by Gasteiger charge is 2.35. The molecule has 0 bridgehead atoms. The second-order valence-corrected chi connectivity index (χ2v) is 7.45. The molecule has 7 nitrogen and oxygen atoms in total. The number of amides is 1. The Bertz CT molecular complexity index is 959. The number of nitrogens with zero attached hydrogens (tertiary/aromatic N) is 5. The number of carbonyl (C=O) groups is 1. The molecule has 1 aromatic carbocycles. The SMILES string of the molecule is Cc1ccc(C(=O)NC2CC(c3nnc(Cn4cccn4)n3C)C2)cc1Cl. The molecule has 1 aliphatic rings. The molecule has 1 amide bonds. The minimum atomic E-state index is -0.0855. The topological polar surface area (TPSA) is 77.6 Å². The zero-order valence-electron chi connectivity index (χ0n) is 15.3. The molecule has 0 aliphatic heterocycles. The largest absolute Gasteiger partial charge is 0.349 e. The third kappa shape index (κ3) is 3.60. The average molecular weight is 385 g/mol. The first-order chi connectivity index (χ1) is 13.0. The van der Waals surface area contributed by atoms with Crippen molar-refractivity contribution in [2.45, 2.75) is 38.3 Å². The van der Waals surface area contributed by atoms with E-state index in [1.54, 1.807) is 18.3 Å². The van der Waals surface area contributed by atoms with Gasteiger partial charge in [-0.3, -0.25) is 9.48 Å². The number of aromatic nitrogens is 5. The summed E-state index contributed by atoms with van der Waals surface area (Å²) in [5, 5.41) is 16.5. The summed E-state index contributed by atoms with van der Waals surface area (Å²) >= 11 is 6.11. The monoisotopic (exact) mass is 384 g/mol. The van der Waals surface area contributed by atoms with Gasteiger partial charge in [0.25, 0.3) is 5.91 Å². The number of nitrogens with one attached hydrogen (secondary N) is 1. The molecule has 0 atom stereocenters. The van der Waals surface area contributed by atoms with Crippen molar-refractivity contribution in [1.82, 2.24) is 29.9 Å². The summed E-state index contributed by atoms with van der Waals surface area (Å²) in [5.41, 5.74) is 1.55. The zero-order valence-corrected chi connectivity index (χ0v) is 16.0. The maximum Gasteiger partial charge on any atom is 0.251 e. The van der Waals surface area contributed by atoms with E-state index in [1.807, 2.05) is 41.5 Å². The van der Waals surface area contributed by atoms with Crippen molar-refractivity contribution in [1.29, 1.82) is 0 Å². The predicted molar refractivity (Wildman–Crippen MR) is 102 cm³/mol. The van der Waals surface area contributed by atoms with Crippen molar-refractivity contribution in [3.8, 4) is 0 Å². The quantitative estimate of drug-likeness (QED) is 0.733. The molecule has 1 fully saturated rings. The van der Waals surface area contributed by atoms with Crippen molar-refractivity contribution in [2.75, 3.05) is 0 Å². The molecule has 4 rings (SSSR count). The maximum absolute atomic E-state index is 12.4. The molecule has 1 saturated carbocycles. The first-order valence-electron chi connectivity index (χ1n) is 8.94. The Morgan fingerprint density at radius 1 is 1.33 bits per heavy atom. The minimum Gasteiger partial charge on any atom is -0.349 e. The number of aryl methyl sites for hydroxylation is 1. The van der Waals surface area contributed by atoms with Crippen LogP contribution in [0.1, 0.15) is 46.3 Å². The van der Waals surface area contributed by atoms with Gasteiger partial charge < -0.3 is 9.88 Å². The van der Waals surface area contributed by atoms with Gasteiger partial charge >= 0.3 is 0 Å². The van der Waals surface area contributed by atoms with E-state index in [9.17, 15) is 4.79 Å². The first-order valence-corrected chi connectivity index (χ1v) is 9.31. The Morgan fingerprint density at radius 3 is 2.85 bits per heavy atom. The lowest BCUT2D eigenvalue weighted by atomic mass is 9.79. The number of benzene rings is 1. The van der Waals surface area contributed by atoms with E-state index in [0.29, 0.717) is 23.0 Å². The van der Waals surface area contributed by atoms with Crippen LogP contribution in [-0.2, 0) is 13.6 Å². The summed E-state index contributed by atoms with van der Waals surface area (Å²) < 4.78 is 3.86. The van der Waals surface area contributed by atoms with E-state index < -0.39 is 0 Å². The van der Waals surface area contributed by atoms with Crippen LogP contribution in [0, 0.1) is 6.92 Å². The number of rotatable bonds is 5. The van der Waals surface area contributed by atoms with Crippen LogP contribution < -0.4 is 5.32 Å². The van der Waals surface area contributed by atoms with E-state index in [1.165, 1.54) is 0 Å². The van der Waals surface area contributed by atoms with Gasteiger partial charge in [0.05, 0.1) is 0 Å². The summed E-state index contributed by atoms with van der Waals surface area (Å²) in [5.74, 6) is 2.05. The van der Waals surface area contributed by atoms with Crippen LogP contribution in [0.4, 0.5) is 0 Å². The van der Waals surface area contributed by atoms with Crippen LogP contribution in [0.2, 0.25) is 5.02 Å². The Labute approximate surface area is 162 Å². The Balaban J connectivity index is 1.35. The maximum atomic E-state index is 12.4. The smallest absolute Gasteiger partial charge is 0.251 e. The van der Waals surface area contributed by atoms with Crippen LogP contribution in [0.15, 0.2) is 36.7 Å². The van der Waals surface area contributed by atoms with Gasteiger partial charge in [0.2, 0.25) is 0 Å². The molecule has 140 valence electrons. The molecule has 2 heterocycles. The predicted octanol–water partition coefficient (Wildman–Crippen LogP) is 2.70. The van der Waals surface area contributed by atoms with Crippen molar-refractivity contribution in [3.05, 3.63) is 64.5 Å². The van der Waals surface area contributed by atoms with Crippen LogP contribution in [-0.4, -0.2) is 36.5 Å². The van der Waals surface area contributed by atoms with E-state index >= 15 is 0 Å². The Morgan fingerprint density at radius 2 is 2.15 bits per heavy atom. The lowest BCUT2D eigenvalue weighted by molar-refractivity contribution is 0.0907. The van der Waals surface area contributed by atoms with Gasteiger partial charge in [0, 0.05) is 42.0 Å². The van der Waals surface area contributed by atoms with Gasteiger partial charge in [-0.15, -0.1) is 10.2 Å². The number of carbonyl (C=O) groups excluding carboxylic acids is 1. The van der Waals surface area contributed by atoms with Crippen molar-refractivity contribution in [3.63, 3.8) is 0 Å². The molecule has 0 radical (unpaired) electrons. The van der Waals surface area contributed by atoms with E-state index in [-0.39, 0.29) is 11.9 Å². The molecule has 0 saturated heterocycles. The van der Waals surface area contributed by atoms with E-state index in [2.05, 4.69) is 20.6 Å². The van der Waals surface area contributed by atoms with Crippen LogP contribution in [0.25, 0.3) is 0 Å². The normalized spacial score (nSPS) is 18.9. The summed E-state index contributed by atoms with van der Waals surface area (Å²) in [6.45, 7) is 2.51. The molecule has 1 aliphatic carbocycles. The summed E-state index contributed by atoms with van der Waals surface area (Å²) in [7, 11) is 1.98. The fraction of sp³-hybridized carbons (Fsp3) is 0.368. The third-order valence-corrected chi connectivity index (χ3v) is 5.54. The highest BCUT2D eigenvalue weighted by Crippen LogP contribution is 2.36. The molecule has 2 aromatic heterocycles. The summed E-state index contributed by atoms with van der Waals surface area (Å²) in [4.78, 5) is 12.4. The number of hydrogen-bond donors (Lipinski definition) is 1. The van der Waals surface area contributed by atoms with Gasteiger partial charge in [0.15, 0.2) is 5.82 Å².